The van der Waals surface area contributed by atoms with Crippen LogP contribution in [0.3, 0.4) is 0 Å². The number of carbonyl (C=O) groups is 2. The number of fused-ring (bicyclic) bond motifs is 3. The van der Waals surface area contributed by atoms with Gasteiger partial charge < -0.3 is 10.1 Å². The lowest BCUT2D eigenvalue weighted by atomic mass is 9.88. The van der Waals surface area contributed by atoms with Crippen molar-refractivity contribution < 1.29 is 27.5 Å². The standard InChI is InChI=1S/C32H26F3NO3/c1-2-39-31(38)24-14-22-13-21(18-7-10-25(11-8-18)32(33,34)35)9-12-26(22)27(16-24)19-3-5-20(6-4-19)28-15-23-17-29(28)36-30(23)37/h3-14,16,23,28-29H,2,15,17H2,1H3,(H,36,37)/t23-,28+,29-/m0/s1. The van der Waals surface area contributed by atoms with E-state index in [4.69, 9.17) is 4.74 Å². The van der Waals surface area contributed by atoms with Crippen molar-refractivity contribution in [3.63, 3.8) is 0 Å². The van der Waals surface area contributed by atoms with Crippen molar-refractivity contribution in [2.75, 3.05) is 6.61 Å². The molecule has 1 heterocycles. The molecule has 0 aromatic heterocycles. The summed E-state index contributed by atoms with van der Waals surface area (Å²) in [5.41, 5.74) is 4.08. The van der Waals surface area contributed by atoms with E-state index in [0.717, 1.165) is 52.4 Å². The molecule has 0 radical (unpaired) electrons. The Kier molecular flexibility index (Phi) is 6.17. The minimum atomic E-state index is -4.40. The van der Waals surface area contributed by atoms with Crippen LogP contribution in [0.2, 0.25) is 0 Å². The van der Waals surface area contributed by atoms with Crippen molar-refractivity contribution in [1.82, 2.24) is 5.32 Å². The lowest BCUT2D eigenvalue weighted by Crippen LogP contribution is -2.35. The van der Waals surface area contributed by atoms with Gasteiger partial charge in [-0.2, -0.15) is 13.2 Å². The van der Waals surface area contributed by atoms with Gasteiger partial charge in [-0.15, -0.1) is 0 Å². The van der Waals surface area contributed by atoms with Crippen LogP contribution in [-0.2, 0) is 15.7 Å². The zero-order valence-electron chi connectivity index (χ0n) is 21.2. The average Bonchev–Trinajstić information content (AvgIpc) is 3.52. The van der Waals surface area contributed by atoms with Gasteiger partial charge in [-0.05, 0) is 88.7 Å². The second kappa shape index (κ2) is 9.56. The van der Waals surface area contributed by atoms with Crippen molar-refractivity contribution in [3.05, 3.63) is 95.6 Å². The third-order valence-electron chi connectivity index (χ3n) is 7.92. The third kappa shape index (κ3) is 4.67. The van der Waals surface area contributed by atoms with E-state index in [1.165, 1.54) is 17.7 Å². The summed E-state index contributed by atoms with van der Waals surface area (Å²) in [6.45, 7) is 1.99. The fourth-order valence-corrected chi connectivity index (χ4v) is 5.96. The molecule has 39 heavy (non-hydrogen) atoms. The molecule has 1 amide bonds. The number of esters is 1. The first kappa shape index (κ1) is 25.2. The van der Waals surface area contributed by atoms with Crippen molar-refractivity contribution >= 4 is 22.6 Å². The Morgan fingerprint density at radius 3 is 2.21 bits per heavy atom. The van der Waals surface area contributed by atoms with Gasteiger partial charge in [0, 0.05) is 17.9 Å². The van der Waals surface area contributed by atoms with Crippen LogP contribution in [0.15, 0.2) is 78.9 Å². The number of rotatable bonds is 5. The highest BCUT2D eigenvalue weighted by atomic mass is 19.4. The normalized spacial score (nSPS) is 20.3. The van der Waals surface area contributed by atoms with E-state index >= 15 is 0 Å². The lowest BCUT2D eigenvalue weighted by molar-refractivity contribution is -0.137. The topological polar surface area (TPSA) is 55.4 Å². The van der Waals surface area contributed by atoms with Crippen LogP contribution in [0.5, 0.6) is 0 Å². The molecule has 7 heteroatoms. The molecule has 1 saturated heterocycles. The zero-order valence-corrected chi connectivity index (χ0v) is 21.2. The van der Waals surface area contributed by atoms with E-state index in [1.807, 2.05) is 36.4 Å². The average molecular weight is 530 g/mol. The molecule has 2 aliphatic rings. The fourth-order valence-electron chi connectivity index (χ4n) is 5.96. The highest BCUT2D eigenvalue weighted by Gasteiger charge is 2.45. The Hall–Kier alpha value is -4.13. The molecule has 4 aromatic carbocycles. The number of ether oxygens (including phenoxy) is 1. The number of hydrogen-bond acceptors (Lipinski definition) is 3. The van der Waals surface area contributed by atoms with Gasteiger partial charge >= 0.3 is 12.1 Å². The van der Waals surface area contributed by atoms with E-state index in [0.29, 0.717) is 17.0 Å². The monoisotopic (exact) mass is 529 g/mol. The predicted octanol–water partition coefficient (Wildman–Crippen LogP) is 7.36. The second-order valence-corrected chi connectivity index (χ2v) is 10.3. The first-order valence-electron chi connectivity index (χ1n) is 13.0. The number of carbonyl (C=O) groups excluding carboxylic acids is 2. The first-order chi connectivity index (χ1) is 18.7. The summed E-state index contributed by atoms with van der Waals surface area (Å²) in [5.74, 6) is 0.125. The number of amides is 1. The minimum Gasteiger partial charge on any atom is -0.462 e. The molecule has 1 saturated carbocycles. The highest BCUT2D eigenvalue weighted by molar-refractivity contribution is 6.04. The van der Waals surface area contributed by atoms with Gasteiger partial charge in [-0.3, -0.25) is 4.79 Å². The van der Waals surface area contributed by atoms with Crippen LogP contribution < -0.4 is 5.32 Å². The molecule has 1 aliphatic heterocycles. The number of hydrogen-bond donors (Lipinski definition) is 1. The van der Waals surface area contributed by atoms with Crippen LogP contribution >= 0.6 is 0 Å². The molecule has 1 aliphatic carbocycles. The van der Waals surface area contributed by atoms with Crippen LogP contribution in [-0.4, -0.2) is 24.5 Å². The minimum absolute atomic E-state index is 0.101. The first-order valence-corrected chi connectivity index (χ1v) is 13.0. The Labute approximate surface area is 223 Å². The zero-order chi connectivity index (χ0) is 27.3. The summed E-state index contributed by atoms with van der Waals surface area (Å²) >= 11 is 0. The second-order valence-electron chi connectivity index (χ2n) is 10.3. The predicted molar refractivity (Wildman–Crippen MR) is 143 cm³/mol. The molecule has 4 aromatic rings. The summed E-state index contributed by atoms with van der Waals surface area (Å²) in [5, 5.41) is 4.79. The maximum Gasteiger partial charge on any atom is 0.416 e. The Morgan fingerprint density at radius 2 is 1.59 bits per heavy atom. The molecule has 1 N–H and O–H groups in total. The Balaban J connectivity index is 1.38. The summed E-state index contributed by atoms with van der Waals surface area (Å²) in [6.07, 6.45) is -2.64. The van der Waals surface area contributed by atoms with Crippen molar-refractivity contribution in [2.24, 2.45) is 5.92 Å². The summed E-state index contributed by atoms with van der Waals surface area (Å²) in [7, 11) is 0. The summed E-state index contributed by atoms with van der Waals surface area (Å²) in [4.78, 5) is 24.6. The number of benzene rings is 4. The Morgan fingerprint density at radius 1 is 0.897 bits per heavy atom. The van der Waals surface area contributed by atoms with Crippen molar-refractivity contribution in [2.45, 2.75) is 37.9 Å². The van der Waals surface area contributed by atoms with Crippen molar-refractivity contribution in [3.8, 4) is 22.3 Å². The van der Waals surface area contributed by atoms with Crippen LogP contribution in [0.4, 0.5) is 13.2 Å². The quantitative estimate of drug-likeness (QED) is 0.275. The molecule has 4 nitrogen and oxygen atoms in total. The van der Waals surface area contributed by atoms with Gasteiger partial charge in [0.1, 0.15) is 0 Å². The molecule has 3 atom stereocenters. The van der Waals surface area contributed by atoms with Crippen LogP contribution in [0, 0.1) is 5.92 Å². The third-order valence-corrected chi connectivity index (χ3v) is 7.92. The van der Waals surface area contributed by atoms with E-state index in [2.05, 4.69) is 17.4 Å². The number of piperidine rings is 1. The number of halogens is 3. The van der Waals surface area contributed by atoms with Gasteiger partial charge in [0.2, 0.25) is 5.91 Å². The highest BCUT2D eigenvalue weighted by Crippen LogP contribution is 2.43. The Bertz CT molecular complexity index is 1580. The smallest absolute Gasteiger partial charge is 0.416 e. The fraction of sp³-hybridized carbons (Fsp3) is 0.250. The van der Waals surface area contributed by atoms with Gasteiger partial charge in [-0.1, -0.05) is 48.5 Å². The lowest BCUT2D eigenvalue weighted by Gasteiger charge is -2.23. The molecule has 2 bridgehead atoms. The van der Waals surface area contributed by atoms with Crippen LogP contribution in [0.25, 0.3) is 33.0 Å². The van der Waals surface area contributed by atoms with Gasteiger partial charge in [0.15, 0.2) is 0 Å². The van der Waals surface area contributed by atoms with E-state index in [9.17, 15) is 22.8 Å². The SMILES string of the molecule is CCOC(=O)c1cc(-c2ccc([C@H]3C[C@H]4C[C@@H]3NC4=O)cc2)c2ccc(-c3ccc(C(F)(F)F)cc3)cc2c1. The van der Waals surface area contributed by atoms with E-state index in [-0.39, 0.29) is 24.5 Å². The van der Waals surface area contributed by atoms with Crippen LogP contribution in [0.1, 0.15) is 47.2 Å². The molecule has 198 valence electrons. The summed E-state index contributed by atoms with van der Waals surface area (Å²) in [6, 6.07) is 22.8. The molecule has 6 rings (SSSR count). The van der Waals surface area contributed by atoms with E-state index in [1.54, 1.807) is 13.0 Å². The number of alkyl halides is 3. The maximum absolute atomic E-state index is 13.0. The summed E-state index contributed by atoms with van der Waals surface area (Å²) < 4.78 is 44.3. The molecule has 0 spiro atoms. The molecular formula is C32H26F3NO3. The molecule has 2 fully saturated rings. The largest absolute Gasteiger partial charge is 0.462 e. The molecule has 0 unspecified atom stereocenters. The maximum atomic E-state index is 13.0. The van der Waals surface area contributed by atoms with Crippen molar-refractivity contribution in [1.29, 1.82) is 0 Å². The van der Waals surface area contributed by atoms with Gasteiger partial charge in [0.05, 0.1) is 17.7 Å². The van der Waals surface area contributed by atoms with Gasteiger partial charge in [0.25, 0.3) is 0 Å². The van der Waals surface area contributed by atoms with E-state index < -0.39 is 17.7 Å². The molecular weight excluding hydrogens is 503 g/mol. The number of nitrogens with one attached hydrogen (secondary N) is 1. The van der Waals surface area contributed by atoms with Gasteiger partial charge in [-0.25, -0.2) is 4.79 Å².